The van der Waals surface area contributed by atoms with Crippen molar-refractivity contribution in [2.24, 2.45) is 0 Å². The van der Waals surface area contributed by atoms with E-state index >= 15 is 0 Å². The molecule has 0 radical (unpaired) electrons. The Morgan fingerprint density at radius 1 is 0.621 bits per heavy atom. The molecule has 8 heteroatoms. The molecule has 29 heavy (non-hydrogen) atoms. The van der Waals surface area contributed by atoms with Crippen molar-refractivity contribution in [2.75, 3.05) is 0 Å². The Bertz CT molecular complexity index is 808. The van der Waals surface area contributed by atoms with Crippen LogP contribution in [0.3, 0.4) is 0 Å². The zero-order valence-electron chi connectivity index (χ0n) is 16.3. The van der Waals surface area contributed by atoms with Crippen molar-refractivity contribution in [1.29, 1.82) is 0 Å². The first kappa shape index (κ1) is 22.9. The molecular weight excluding hydrogens is 398 g/mol. The van der Waals surface area contributed by atoms with Gasteiger partial charge in [-0.2, -0.15) is 26.3 Å². The van der Waals surface area contributed by atoms with E-state index in [-0.39, 0.29) is 22.6 Å². The van der Waals surface area contributed by atoms with Crippen molar-refractivity contribution in [1.82, 2.24) is 0 Å². The summed E-state index contributed by atoms with van der Waals surface area (Å²) in [6.45, 7) is 6.22. The fourth-order valence-electron chi connectivity index (χ4n) is 3.48. The second-order valence-electron chi connectivity index (χ2n) is 7.60. The lowest BCUT2D eigenvalue weighted by molar-refractivity contribution is -0.288. The van der Waals surface area contributed by atoms with Crippen molar-refractivity contribution in [2.45, 2.75) is 57.3 Å². The number of alkyl halides is 6. The molecule has 0 spiro atoms. The third-order valence-corrected chi connectivity index (χ3v) is 5.02. The first-order valence-electron chi connectivity index (χ1n) is 8.94. The summed E-state index contributed by atoms with van der Waals surface area (Å²) in [5.41, 5.74) is -6.46. The number of halogens is 6. The van der Waals surface area contributed by atoms with Crippen LogP contribution in [0, 0.1) is 0 Å². The predicted octanol–water partition coefficient (Wildman–Crippen LogP) is 6.76. The summed E-state index contributed by atoms with van der Waals surface area (Å²) in [4.78, 5) is 0. The van der Waals surface area contributed by atoms with Gasteiger partial charge in [0.2, 0.25) is 5.41 Å². The van der Waals surface area contributed by atoms with Crippen molar-refractivity contribution in [3.05, 3.63) is 58.7 Å². The van der Waals surface area contributed by atoms with Crippen molar-refractivity contribution >= 4 is 0 Å². The van der Waals surface area contributed by atoms with Crippen LogP contribution in [0.2, 0.25) is 0 Å². The number of aromatic hydroxyl groups is 2. The lowest BCUT2D eigenvalue weighted by Gasteiger charge is -2.39. The van der Waals surface area contributed by atoms with Crippen LogP contribution in [0.5, 0.6) is 11.5 Å². The second-order valence-corrected chi connectivity index (χ2v) is 7.60. The highest BCUT2D eigenvalue weighted by atomic mass is 19.4. The predicted molar refractivity (Wildman–Crippen MR) is 97.3 cm³/mol. The van der Waals surface area contributed by atoms with Gasteiger partial charge in [0.1, 0.15) is 11.5 Å². The molecular formula is C21H22F6O2. The van der Waals surface area contributed by atoms with Gasteiger partial charge in [-0.15, -0.1) is 0 Å². The third-order valence-electron chi connectivity index (χ3n) is 5.02. The van der Waals surface area contributed by atoms with E-state index < -0.39 is 40.7 Å². The number of phenolic OH excluding ortho intramolecular Hbond substituents is 2. The maximum atomic E-state index is 14.3. The molecule has 0 bridgehead atoms. The van der Waals surface area contributed by atoms with Gasteiger partial charge in [0.25, 0.3) is 0 Å². The summed E-state index contributed by atoms with van der Waals surface area (Å²) in [6.07, 6.45) is -11.5. The molecule has 0 atom stereocenters. The molecule has 2 aromatic carbocycles. The Labute approximate surface area is 164 Å². The lowest BCUT2D eigenvalue weighted by Crippen LogP contribution is -2.54. The zero-order chi connectivity index (χ0) is 22.4. The van der Waals surface area contributed by atoms with E-state index in [0.29, 0.717) is 12.1 Å². The number of rotatable bonds is 4. The SMILES string of the molecule is CC(C)c1cc(C(c2ccc(O)c(C(C)C)c2)(C(F)(F)F)C(F)(F)F)ccc1O. The summed E-state index contributed by atoms with van der Waals surface area (Å²) in [6, 6.07) is 4.49. The van der Waals surface area contributed by atoms with Crippen LogP contribution in [0.15, 0.2) is 36.4 Å². The quantitative estimate of drug-likeness (QED) is 0.537. The Balaban J connectivity index is 3.00. The number of hydrogen-bond donors (Lipinski definition) is 2. The standard InChI is InChI=1S/C21H22F6O2/c1-11(2)15-9-13(5-7-17(15)28)19(20(22,23)24,21(25,26)27)14-6-8-18(29)16(10-14)12(3)4/h5-12,28-29H,1-4H3. The van der Waals surface area contributed by atoms with E-state index in [1.54, 1.807) is 27.7 Å². The van der Waals surface area contributed by atoms with Gasteiger partial charge in [0, 0.05) is 0 Å². The summed E-state index contributed by atoms with van der Waals surface area (Å²) < 4.78 is 85.6. The highest BCUT2D eigenvalue weighted by molar-refractivity contribution is 5.51. The van der Waals surface area contributed by atoms with Gasteiger partial charge in [-0.1, -0.05) is 52.0 Å². The normalized spacial score (nSPS) is 13.4. The topological polar surface area (TPSA) is 40.5 Å². The minimum Gasteiger partial charge on any atom is -0.508 e. The number of hydrogen-bond acceptors (Lipinski definition) is 2. The molecule has 0 unspecified atom stereocenters. The van der Waals surface area contributed by atoms with Gasteiger partial charge >= 0.3 is 12.4 Å². The number of benzene rings is 2. The average Bonchev–Trinajstić information content (AvgIpc) is 2.55. The molecule has 2 rings (SSSR count). The van der Waals surface area contributed by atoms with Crippen LogP contribution in [0.4, 0.5) is 26.3 Å². The monoisotopic (exact) mass is 420 g/mol. The van der Waals surface area contributed by atoms with E-state index in [4.69, 9.17) is 0 Å². The maximum Gasteiger partial charge on any atom is 0.411 e. The molecule has 0 aromatic heterocycles. The average molecular weight is 420 g/mol. The summed E-state index contributed by atoms with van der Waals surface area (Å²) >= 11 is 0. The maximum absolute atomic E-state index is 14.3. The number of phenols is 2. The molecule has 0 fully saturated rings. The second kappa shape index (κ2) is 7.46. The molecule has 160 valence electrons. The first-order valence-corrected chi connectivity index (χ1v) is 8.94. The fourth-order valence-corrected chi connectivity index (χ4v) is 3.48. The Hall–Kier alpha value is -2.38. The molecule has 0 aliphatic carbocycles. The molecule has 0 aliphatic rings. The summed E-state index contributed by atoms with van der Waals surface area (Å²) in [7, 11) is 0. The van der Waals surface area contributed by atoms with E-state index in [0.717, 1.165) is 24.3 Å². The van der Waals surface area contributed by atoms with E-state index in [9.17, 15) is 36.6 Å². The van der Waals surface area contributed by atoms with Crippen LogP contribution in [0.25, 0.3) is 0 Å². The van der Waals surface area contributed by atoms with Gasteiger partial charge < -0.3 is 10.2 Å². The lowest BCUT2D eigenvalue weighted by atomic mass is 9.71. The Morgan fingerprint density at radius 3 is 1.17 bits per heavy atom. The van der Waals surface area contributed by atoms with Crippen molar-refractivity contribution in [3.63, 3.8) is 0 Å². The van der Waals surface area contributed by atoms with Gasteiger partial charge in [0.05, 0.1) is 0 Å². The third kappa shape index (κ3) is 3.76. The zero-order valence-corrected chi connectivity index (χ0v) is 16.3. The van der Waals surface area contributed by atoms with Crippen molar-refractivity contribution in [3.8, 4) is 11.5 Å². The molecule has 2 aromatic rings. The summed E-state index contributed by atoms with van der Waals surface area (Å²) in [5, 5.41) is 19.8. The van der Waals surface area contributed by atoms with Gasteiger partial charge in [0.15, 0.2) is 0 Å². The highest BCUT2D eigenvalue weighted by Crippen LogP contribution is 2.57. The van der Waals surface area contributed by atoms with Crippen molar-refractivity contribution < 1.29 is 36.6 Å². The molecule has 0 heterocycles. The molecule has 0 aliphatic heterocycles. The minimum absolute atomic E-state index is 0.0248. The molecule has 0 amide bonds. The van der Waals surface area contributed by atoms with E-state index in [2.05, 4.69) is 0 Å². The van der Waals surface area contributed by atoms with E-state index in [1.165, 1.54) is 0 Å². The molecule has 0 saturated heterocycles. The highest BCUT2D eigenvalue weighted by Gasteiger charge is 2.72. The van der Waals surface area contributed by atoms with Crippen LogP contribution < -0.4 is 0 Å². The summed E-state index contributed by atoms with van der Waals surface area (Å²) in [5.74, 6) is -1.76. The first-order chi connectivity index (χ1) is 13.1. The largest absolute Gasteiger partial charge is 0.508 e. The van der Waals surface area contributed by atoms with Crippen LogP contribution in [0.1, 0.15) is 61.8 Å². The fraction of sp³-hybridized carbons (Fsp3) is 0.429. The van der Waals surface area contributed by atoms with Crippen LogP contribution in [-0.2, 0) is 5.41 Å². The van der Waals surface area contributed by atoms with Gasteiger partial charge in [-0.3, -0.25) is 0 Å². The molecule has 0 saturated carbocycles. The molecule has 2 N–H and O–H groups in total. The van der Waals surface area contributed by atoms with Crippen LogP contribution >= 0.6 is 0 Å². The molecule has 2 nitrogen and oxygen atoms in total. The minimum atomic E-state index is -5.73. The van der Waals surface area contributed by atoms with E-state index in [1.807, 2.05) is 0 Å². The van der Waals surface area contributed by atoms with Gasteiger partial charge in [-0.25, -0.2) is 0 Å². The Morgan fingerprint density at radius 2 is 0.931 bits per heavy atom. The Kier molecular flexibility index (Phi) is 5.89. The smallest absolute Gasteiger partial charge is 0.411 e. The van der Waals surface area contributed by atoms with Gasteiger partial charge in [-0.05, 0) is 46.2 Å². The van der Waals surface area contributed by atoms with Crippen LogP contribution in [-0.4, -0.2) is 22.6 Å².